The van der Waals surface area contributed by atoms with Gasteiger partial charge in [-0.1, -0.05) is 12.1 Å². The van der Waals surface area contributed by atoms with Gasteiger partial charge in [0.2, 0.25) is 0 Å². The Bertz CT molecular complexity index is 869. The molecule has 9 nitrogen and oxygen atoms in total. The van der Waals surface area contributed by atoms with Crippen LogP contribution >= 0.6 is 0 Å². The number of nitrogens with one attached hydrogen (secondary N) is 2. The van der Waals surface area contributed by atoms with Crippen LogP contribution in [0, 0.1) is 15.9 Å². The number of ether oxygens (including phenoxy) is 1. The number of nitro groups is 1. The Hall–Kier alpha value is -3.82. The Kier molecular flexibility index (Phi) is 6.53. The molecule has 2 aromatic carbocycles. The summed E-state index contributed by atoms with van der Waals surface area (Å²) in [5.74, 6) is -3.08. The third-order valence-electron chi connectivity index (χ3n) is 3.24. The summed E-state index contributed by atoms with van der Waals surface area (Å²) < 4.78 is 18.1. The first-order valence-corrected chi connectivity index (χ1v) is 7.59. The third-order valence-corrected chi connectivity index (χ3v) is 3.24. The number of nitro benzene ring substituents is 1. The van der Waals surface area contributed by atoms with Crippen molar-refractivity contribution < 1.29 is 28.4 Å². The summed E-state index contributed by atoms with van der Waals surface area (Å²) in [6, 6.07) is 10.3. The summed E-state index contributed by atoms with van der Waals surface area (Å²) >= 11 is 0. The predicted molar refractivity (Wildman–Crippen MR) is 91.4 cm³/mol. The van der Waals surface area contributed by atoms with Gasteiger partial charge in [-0.3, -0.25) is 24.5 Å². The molecule has 0 spiro atoms. The Morgan fingerprint density at radius 2 is 1.74 bits per heavy atom. The number of benzene rings is 2. The molecule has 140 valence electrons. The molecule has 27 heavy (non-hydrogen) atoms. The average Bonchev–Trinajstić information content (AvgIpc) is 2.65. The number of halogens is 1. The molecule has 0 aliphatic carbocycles. The number of rotatable bonds is 7. The quantitative estimate of drug-likeness (QED) is 0.430. The van der Waals surface area contributed by atoms with E-state index >= 15 is 0 Å². The third kappa shape index (κ3) is 5.88. The van der Waals surface area contributed by atoms with Crippen molar-refractivity contribution in [2.24, 2.45) is 0 Å². The molecule has 2 aromatic rings. The number of amides is 2. The standard InChI is InChI=1S/C17H14FN3O6/c18-14-4-2-1-3-13(14)17(24)19-9-16(23)27-10-15(22)20-11-5-7-12(8-6-11)21(25)26/h1-8H,9-10H2,(H,19,24)(H,20,22). The highest BCUT2D eigenvalue weighted by molar-refractivity contribution is 5.96. The zero-order valence-corrected chi connectivity index (χ0v) is 13.8. The average molecular weight is 375 g/mol. The molecular formula is C17H14FN3O6. The van der Waals surface area contributed by atoms with E-state index in [9.17, 15) is 28.9 Å². The van der Waals surface area contributed by atoms with E-state index in [1.165, 1.54) is 42.5 Å². The fourth-order valence-corrected chi connectivity index (χ4v) is 1.95. The normalized spacial score (nSPS) is 9.96. The maximum Gasteiger partial charge on any atom is 0.325 e. The van der Waals surface area contributed by atoms with Gasteiger partial charge in [0.1, 0.15) is 12.4 Å². The molecule has 0 atom stereocenters. The SMILES string of the molecule is O=C(COC(=O)CNC(=O)c1ccccc1F)Nc1ccc([N+](=O)[O-])cc1. The van der Waals surface area contributed by atoms with Crippen molar-refractivity contribution in [3.63, 3.8) is 0 Å². The van der Waals surface area contributed by atoms with Crippen LogP contribution in [0.1, 0.15) is 10.4 Å². The molecule has 10 heteroatoms. The highest BCUT2D eigenvalue weighted by Gasteiger charge is 2.14. The lowest BCUT2D eigenvalue weighted by atomic mass is 10.2. The molecule has 2 rings (SSSR count). The van der Waals surface area contributed by atoms with Crippen LogP contribution < -0.4 is 10.6 Å². The minimum absolute atomic E-state index is 0.134. The lowest BCUT2D eigenvalue weighted by Crippen LogP contribution is -2.32. The van der Waals surface area contributed by atoms with Crippen LogP contribution in [0.4, 0.5) is 15.8 Å². The second-order valence-corrected chi connectivity index (χ2v) is 5.18. The summed E-state index contributed by atoms with van der Waals surface area (Å²) in [5, 5.41) is 15.1. The van der Waals surface area contributed by atoms with Crippen LogP contribution in [-0.4, -0.2) is 35.9 Å². The highest BCUT2D eigenvalue weighted by Crippen LogP contribution is 2.15. The number of anilines is 1. The van der Waals surface area contributed by atoms with Crippen molar-refractivity contribution in [1.29, 1.82) is 0 Å². The maximum atomic E-state index is 13.4. The monoisotopic (exact) mass is 375 g/mol. The number of hydrogen-bond acceptors (Lipinski definition) is 6. The lowest BCUT2D eigenvalue weighted by molar-refractivity contribution is -0.384. The fourth-order valence-electron chi connectivity index (χ4n) is 1.95. The van der Waals surface area contributed by atoms with Crippen LogP contribution in [0.25, 0.3) is 0 Å². The zero-order chi connectivity index (χ0) is 19.8. The van der Waals surface area contributed by atoms with Crippen molar-refractivity contribution in [3.8, 4) is 0 Å². The maximum absolute atomic E-state index is 13.4. The van der Waals surface area contributed by atoms with Gasteiger partial charge in [-0.25, -0.2) is 4.39 Å². The molecule has 0 radical (unpaired) electrons. The van der Waals surface area contributed by atoms with Crippen molar-refractivity contribution in [2.45, 2.75) is 0 Å². The van der Waals surface area contributed by atoms with Crippen LogP contribution in [0.3, 0.4) is 0 Å². The van der Waals surface area contributed by atoms with Gasteiger partial charge in [-0.15, -0.1) is 0 Å². The van der Waals surface area contributed by atoms with Gasteiger partial charge in [0.15, 0.2) is 6.61 Å². The van der Waals surface area contributed by atoms with Gasteiger partial charge in [-0.2, -0.15) is 0 Å². The summed E-state index contributed by atoms with van der Waals surface area (Å²) in [4.78, 5) is 44.9. The van der Waals surface area contributed by atoms with E-state index < -0.39 is 41.7 Å². The van der Waals surface area contributed by atoms with Gasteiger partial charge >= 0.3 is 5.97 Å². The van der Waals surface area contributed by atoms with E-state index in [-0.39, 0.29) is 16.9 Å². The molecule has 2 N–H and O–H groups in total. The molecule has 0 bridgehead atoms. The Labute approximate surface area is 152 Å². The van der Waals surface area contributed by atoms with E-state index in [2.05, 4.69) is 15.4 Å². The van der Waals surface area contributed by atoms with Crippen LogP contribution in [0.5, 0.6) is 0 Å². The molecule has 0 aliphatic rings. The van der Waals surface area contributed by atoms with Crippen molar-refractivity contribution in [2.75, 3.05) is 18.5 Å². The minimum Gasteiger partial charge on any atom is -0.454 e. The number of carbonyl (C=O) groups is 3. The Balaban J connectivity index is 1.74. The van der Waals surface area contributed by atoms with E-state index in [1.54, 1.807) is 0 Å². The van der Waals surface area contributed by atoms with E-state index in [1.807, 2.05) is 0 Å². The van der Waals surface area contributed by atoms with Gasteiger partial charge in [0, 0.05) is 17.8 Å². The van der Waals surface area contributed by atoms with Crippen molar-refractivity contribution in [3.05, 3.63) is 70.0 Å². The summed E-state index contributed by atoms with van der Waals surface area (Å²) in [6.07, 6.45) is 0. The minimum atomic E-state index is -0.890. The summed E-state index contributed by atoms with van der Waals surface area (Å²) in [5.41, 5.74) is -0.0688. The van der Waals surface area contributed by atoms with E-state index in [4.69, 9.17) is 0 Å². The number of non-ortho nitro benzene ring substituents is 1. The smallest absolute Gasteiger partial charge is 0.325 e. The van der Waals surface area contributed by atoms with Crippen molar-refractivity contribution in [1.82, 2.24) is 5.32 Å². The fraction of sp³-hybridized carbons (Fsp3) is 0.118. The van der Waals surface area contributed by atoms with Crippen LogP contribution in [0.2, 0.25) is 0 Å². The summed E-state index contributed by atoms with van der Waals surface area (Å²) in [6.45, 7) is -1.16. The number of esters is 1. The lowest BCUT2D eigenvalue weighted by Gasteiger charge is -2.08. The van der Waals surface area contributed by atoms with E-state index in [0.29, 0.717) is 0 Å². The molecule has 0 heterocycles. The second kappa shape index (κ2) is 9.04. The van der Waals surface area contributed by atoms with Gasteiger partial charge < -0.3 is 15.4 Å². The van der Waals surface area contributed by atoms with Gasteiger partial charge in [0.05, 0.1) is 10.5 Å². The van der Waals surface area contributed by atoms with Gasteiger partial charge in [-0.05, 0) is 24.3 Å². The molecular weight excluding hydrogens is 361 g/mol. The van der Waals surface area contributed by atoms with Crippen LogP contribution in [-0.2, 0) is 14.3 Å². The molecule has 0 fully saturated rings. The first-order valence-electron chi connectivity index (χ1n) is 7.59. The molecule has 0 saturated heterocycles. The number of nitrogens with zero attached hydrogens (tertiary/aromatic N) is 1. The van der Waals surface area contributed by atoms with Crippen molar-refractivity contribution >= 4 is 29.2 Å². The first kappa shape index (κ1) is 19.5. The highest BCUT2D eigenvalue weighted by atomic mass is 19.1. The topological polar surface area (TPSA) is 128 Å². The molecule has 2 amide bonds. The zero-order valence-electron chi connectivity index (χ0n) is 13.8. The predicted octanol–water partition coefficient (Wildman–Crippen LogP) is 1.65. The number of hydrogen-bond donors (Lipinski definition) is 2. The van der Waals surface area contributed by atoms with Gasteiger partial charge in [0.25, 0.3) is 17.5 Å². The Morgan fingerprint density at radius 3 is 2.37 bits per heavy atom. The first-order chi connectivity index (χ1) is 12.9. The molecule has 0 aliphatic heterocycles. The second-order valence-electron chi connectivity index (χ2n) is 5.18. The molecule has 0 saturated carbocycles. The Morgan fingerprint density at radius 1 is 1.07 bits per heavy atom. The number of carbonyl (C=O) groups excluding carboxylic acids is 3. The van der Waals surface area contributed by atoms with Crippen LogP contribution in [0.15, 0.2) is 48.5 Å². The summed E-state index contributed by atoms with van der Waals surface area (Å²) in [7, 11) is 0. The largest absolute Gasteiger partial charge is 0.454 e. The van der Waals surface area contributed by atoms with E-state index in [0.717, 1.165) is 6.07 Å². The molecule has 0 aromatic heterocycles. The molecule has 0 unspecified atom stereocenters.